The second-order valence-corrected chi connectivity index (χ2v) is 7.16. The van der Waals surface area contributed by atoms with Crippen LogP contribution in [0.2, 0.25) is 0 Å². The third-order valence-electron chi connectivity index (χ3n) is 4.10. The molecule has 0 unspecified atom stereocenters. The zero-order chi connectivity index (χ0) is 13.1. The molecule has 0 aromatic heterocycles. The van der Waals surface area contributed by atoms with Crippen molar-refractivity contribution >= 4 is 21.8 Å². The van der Waals surface area contributed by atoms with Gasteiger partial charge in [0.05, 0.1) is 0 Å². The first kappa shape index (κ1) is 15.0. The summed E-state index contributed by atoms with van der Waals surface area (Å²) in [4.78, 5) is 14.0. The molecule has 100 valence electrons. The van der Waals surface area contributed by atoms with E-state index >= 15 is 0 Å². The van der Waals surface area contributed by atoms with Gasteiger partial charge in [0.1, 0.15) is 0 Å². The van der Waals surface area contributed by atoms with Gasteiger partial charge in [0.25, 0.3) is 0 Å². The second-order valence-electron chi connectivity index (χ2n) is 6.36. The molecular formula is C14H26BrNO. The minimum Gasteiger partial charge on any atom is -0.345 e. The number of carbonyl (C=O) groups is 1. The van der Waals surface area contributed by atoms with Gasteiger partial charge in [0.15, 0.2) is 0 Å². The first-order valence-corrected chi connectivity index (χ1v) is 7.79. The quantitative estimate of drug-likeness (QED) is 0.728. The van der Waals surface area contributed by atoms with Crippen LogP contribution in [0.1, 0.15) is 46.5 Å². The molecular weight excluding hydrogens is 278 g/mol. The zero-order valence-electron chi connectivity index (χ0n) is 11.6. The van der Waals surface area contributed by atoms with Crippen molar-refractivity contribution in [3.8, 4) is 0 Å². The maximum Gasteiger partial charge on any atom is 0.225 e. The van der Waals surface area contributed by atoms with Gasteiger partial charge in [-0.3, -0.25) is 4.79 Å². The highest BCUT2D eigenvalue weighted by atomic mass is 79.9. The fourth-order valence-electron chi connectivity index (χ4n) is 2.76. The van der Waals surface area contributed by atoms with Crippen LogP contribution in [0.25, 0.3) is 0 Å². The van der Waals surface area contributed by atoms with E-state index in [1.807, 2.05) is 11.9 Å². The van der Waals surface area contributed by atoms with Crippen LogP contribution in [0, 0.1) is 17.3 Å². The molecule has 0 aliphatic heterocycles. The third kappa shape index (κ3) is 4.27. The maximum absolute atomic E-state index is 12.1. The summed E-state index contributed by atoms with van der Waals surface area (Å²) in [5.74, 6) is 1.41. The van der Waals surface area contributed by atoms with Gasteiger partial charge in [-0.25, -0.2) is 0 Å². The van der Waals surface area contributed by atoms with Crippen LogP contribution in [0.15, 0.2) is 0 Å². The Hall–Kier alpha value is -0.0500. The SMILES string of the molecule is CN(CCBr)C(=O)C1CCC(C(C)(C)C)CC1. The molecule has 0 radical (unpaired) electrons. The van der Waals surface area contributed by atoms with Crippen LogP contribution in [-0.2, 0) is 4.79 Å². The van der Waals surface area contributed by atoms with Gasteiger partial charge in [-0.15, -0.1) is 0 Å². The van der Waals surface area contributed by atoms with E-state index in [2.05, 4.69) is 36.7 Å². The largest absolute Gasteiger partial charge is 0.345 e. The van der Waals surface area contributed by atoms with Crippen LogP contribution in [0.5, 0.6) is 0 Å². The van der Waals surface area contributed by atoms with E-state index in [-0.39, 0.29) is 5.92 Å². The molecule has 3 heteroatoms. The summed E-state index contributed by atoms with van der Waals surface area (Å²) in [6.07, 6.45) is 4.57. The number of alkyl halides is 1. The lowest BCUT2D eigenvalue weighted by Gasteiger charge is -2.37. The lowest BCUT2D eigenvalue weighted by Crippen LogP contribution is -2.37. The van der Waals surface area contributed by atoms with E-state index in [4.69, 9.17) is 0 Å². The molecule has 1 saturated carbocycles. The number of hydrogen-bond acceptors (Lipinski definition) is 1. The van der Waals surface area contributed by atoms with Crippen molar-refractivity contribution < 1.29 is 4.79 Å². The highest BCUT2D eigenvalue weighted by molar-refractivity contribution is 9.09. The first-order valence-electron chi connectivity index (χ1n) is 6.67. The molecule has 0 N–H and O–H groups in total. The van der Waals surface area contributed by atoms with E-state index in [0.29, 0.717) is 11.3 Å². The maximum atomic E-state index is 12.1. The smallest absolute Gasteiger partial charge is 0.225 e. The third-order valence-corrected chi connectivity index (χ3v) is 4.45. The van der Waals surface area contributed by atoms with Crippen molar-refractivity contribution in [2.45, 2.75) is 46.5 Å². The lowest BCUT2D eigenvalue weighted by molar-refractivity contribution is -0.135. The highest BCUT2D eigenvalue weighted by Crippen LogP contribution is 2.40. The van der Waals surface area contributed by atoms with E-state index < -0.39 is 0 Å². The van der Waals surface area contributed by atoms with E-state index in [9.17, 15) is 4.79 Å². The van der Waals surface area contributed by atoms with Gasteiger partial charge in [-0.1, -0.05) is 36.7 Å². The molecule has 0 spiro atoms. The number of rotatable bonds is 3. The van der Waals surface area contributed by atoms with Gasteiger partial charge < -0.3 is 4.90 Å². The minimum atomic E-state index is 0.276. The molecule has 2 nitrogen and oxygen atoms in total. The van der Waals surface area contributed by atoms with Gasteiger partial charge in [0.2, 0.25) is 5.91 Å². The van der Waals surface area contributed by atoms with Gasteiger partial charge in [-0.05, 0) is 37.0 Å². The molecule has 0 aromatic carbocycles. The predicted molar refractivity (Wildman–Crippen MR) is 76.3 cm³/mol. The average Bonchev–Trinajstić information content (AvgIpc) is 2.27. The normalized spacial score (nSPS) is 25.7. The minimum absolute atomic E-state index is 0.276. The summed E-state index contributed by atoms with van der Waals surface area (Å²) in [6.45, 7) is 7.77. The number of halogens is 1. The fraction of sp³-hybridized carbons (Fsp3) is 0.929. The van der Waals surface area contributed by atoms with Crippen molar-refractivity contribution in [1.29, 1.82) is 0 Å². The molecule has 1 amide bonds. The molecule has 1 rings (SSSR count). The van der Waals surface area contributed by atoms with Gasteiger partial charge in [0, 0.05) is 24.8 Å². The van der Waals surface area contributed by atoms with Crippen LogP contribution < -0.4 is 0 Å². The Morgan fingerprint density at radius 3 is 2.18 bits per heavy atom. The molecule has 0 saturated heterocycles. The summed E-state index contributed by atoms with van der Waals surface area (Å²) >= 11 is 3.38. The Bertz CT molecular complexity index is 251. The summed E-state index contributed by atoms with van der Waals surface area (Å²) < 4.78 is 0. The zero-order valence-corrected chi connectivity index (χ0v) is 13.2. The van der Waals surface area contributed by atoms with Gasteiger partial charge in [-0.2, -0.15) is 0 Å². The van der Waals surface area contributed by atoms with Crippen LogP contribution >= 0.6 is 15.9 Å². The van der Waals surface area contributed by atoms with Crippen LogP contribution in [0.3, 0.4) is 0 Å². The topological polar surface area (TPSA) is 20.3 Å². The van der Waals surface area contributed by atoms with Crippen molar-refractivity contribution in [3.05, 3.63) is 0 Å². The molecule has 1 fully saturated rings. The standard InChI is InChI=1S/C14H26BrNO/c1-14(2,3)12-7-5-11(6-8-12)13(17)16(4)10-9-15/h11-12H,5-10H2,1-4H3. The molecule has 0 atom stereocenters. The summed E-state index contributed by atoms with van der Waals surface area (Å²) in [7, 11) is 1.92. The van der Waals surface area contributed by atoms with Crippen molar-refractivity contribution in [3.63, 3.8) is 0 Å². The highest BCUT2D eigenvalue weighted by Gasteiger charge is 2.33. The van der Waals surface area contributed by atoms with Gasteiger partial charge >= 0.3 is 0 Å². The van der Waals surface area contributed by atoms with Crippen molar-refractivity contribution in [2.24, 2.45) is 17.3 Å². The Kier molecular flexibility index (Phi) is 5.49. The Labute approximate surface area is 114 Å². The van der Waals surface area contributed by atoms with Crippen LogP contribution in [-0.4, -0.2) is 29.7 Å². The average molecular weight is 304 g/mol. The molecule has 17 heavy (non-hydrogen) atoms. The van der Waals surface area contributed by atoms with Crippen molar-refractivity contribution in [2.75, 3.05) is 18.9 Å². The molecule has 0 aromatic rings. The molecule has 1 aliphatic rings. The van der Waals surface area contributed by atoms with E-state index in [0.717, 1.165) is 30.6 Å². The monoisotopic (exact) mass is 303 g/mol. The summed E-state index contributed by atoms with van der Waals surface area (Å²) in [6, 6.07) is 0. The lowest BCUT2D eigenvalue weighted by atomic mass is 9.69. The summed E-state index contributed by atoms with van der Waals surface area (Å²) in [5, 5.41) is 0.868. The number of hydrogen-bond donors (Lipinski definition) is 0. The molecule has 0 heterocycles. The van der Waals surface area contributed by atoms with E-state index in [1.54, 1.807) is 0 Å². The Morgan fingerprint density at radius 2 is 1.76 bits per heavy atom. The predicted octanol–water partition coefficient (Wildman–Crippen LogP) is 3.69. The molecule has 0 bridgehead atoms. The van der Waals surface area contributed by atoms with Crippen LogP contribution in [0.4, 0.5) is 0 Å². The Morgan fingerprint density at radius 1 is 1.24 bits per heavy atom. The fourth-order valence-corrected chi connectivity index (χ4v) is 3.29. The Balaban J connectivity index is 2.44. The van der Waals surface area contributed by atoms with Crippen molar-refractivity contribution in [1.82, 2.24) is 4.90 Å². The summed E-state index contributed by atoms with van der Waals surface area (Å²) in [5.41, 5.74) is 0.399. The number of carbonyl (C=O) groups excluding carboxylic acids is 1. The van der Waals surface area contributed by atoms with E-state index in [1.165, 1.54) is 12.8 Å². The first-order chi connectivity index (χ1) is 7.86. The number of amides is 1. The number of nitrogens with zero attached hydrogens (tertiary/aromatic N) is 1. The molecule has 1 aliphatic carbocycles. The second kappa shape index (κ2) is 6.21.